The summed E-state index contributed by atoms with van der Waals surface area (Å²) in [6.07, 6.45) is -3.06. The third-order valence-electron chi connectivity index (χ3n) is 4.69. The summed E-state index contributed by atoms with van der Waals surface area (Å²) < 4.78 is 67.7. The van der Waals surface area contributed by atoms with Gasteiger partial charge in [0.05, 0.1) is 18.7 Å². The van der Waals surface area contributed by atoms with Crippen LogP contribution in [0.15, 0.2) is 55.0 Å². The quantitative estimate of drug-likeness (QED) is 0.485. The van der Waals surface area contributed by atoms with Crippen LogP contribution in [0.2, 0.25) is 0 Å². The van der Waals surface area contributed by atoms with Gasteiger partial charge in [-0.1, -0.05) is 18.7 Å². The molecule has 3 aromatic rings. The first-order valence-corrected chi connectivity index (χ1v) is 8.45. The van der Waals surface area contributed by atoms with Crippen LogP contribution in [-0.2, 0) is 16.8 Å². The fourth-order valence-corrected chi connectivity index (χ4v) is 3.25. The highest BCUT2D eigenvalue weighted by molar-refractivity contribution is 5.92. The Balaban J connectivity index is 1.74. The zero-order chi connectivity index (χ0) is 21.0. The normalized spacial score (nSPS) is 16.0. The summed E-state index contributed by atoms with van der Waals surface area (Å²) in [6.45, 7) is 2.00. The second-order valence-corrected chi connectivity index (χ2v) is 6.69. The molecule has 2 aromatic heterocycles. The predicted octanol–water partition coefficient (Wildman–Crippen LogP) is 4.06. The molecule has 10 heteroatoms. The number of nitrogens with zero attached hydrogens (tertiary/aromatic N) is 4. The molecule has 4 rings (SSSR count). The molecule has 0 aliphatic carbocycles. The molecule has 1 aromatic carbocycles. The summed E-state index contributed by atoms with van der Waals surface area (Å²) in [7, 11) is 0. The van der Waals surface area contributed by atoms with Gasteiger partial charge in [0.25, 0.3) is 5.91 Å². The van der Waals surface area contributed by atoms with Crippen molar-refractivity contribution in [2.24, 2.45) is 0 Å². The number of carbonyl (C=O) groups excluding carboxylic acids is 1. The molecule has 0 bridgehead atoms. The van der Waals surface area contributed by atoms with Crippen molar-refractivity contribution < 1.29 is 26.7 Å². The maximum Gasteiger partial charge on any atom is 0.416 e. The summed E-state index contributed by atoms with van der Waals surface area (Å²) in [4.78, 5) is 16.7. The van der Waals surface area contributed by atoms with Crippen molar-refractivity contribution in [3.8, 4) is 11.3 Å². The summed E-state index contributed by atoms with van der Waals surface area (Å²) >= 11 is 0. The predicted molar refractivity (Wildman–Crippen MR) is 93.9 cm³/mol. The van der Waals surface area contributed by atoms with E-state index in [0.29, 0.717) is 10.9 Å². The molecule has 150 valence electrons. The van der Waals surface area contributed by atoms with Crippen molar-refractivity contribution in [3.05, 3.63) is 60.6 Å². The zero-order valence-electron chi connectivity index (χ0n) is 14.7. The maximum atomic E-state index is 15.4. The molecule has 0 N–H and O–H groups in total. The standard InChI is InChI=1S/C19H13F5N4O/c1-11(20)17(29)27-9-18(21,10-27)28-16-14(3-2-8-25-16)15(26-28)12-4-6-13(7-5-12)19(22,23)24/h2-8H,1,9-10H2. The van der Waals surface area contributed by atoms with E-state index in [1.54, 1.807) is 12.1 Å². The number of amides is 1. The monoisotopic (exact) mass is 408 g/mol. The summed E-state index contributed by atoms with van der Waals surface area (Å²) in [6, 6.07) is 7.54. The first kappa shape index (κ1) is 19.0. The third-order valence-corrected chi connectivity index (χ3v) is 4.69. The van der Waals surface area contributed by atoms with Gasteiger partial charge >= 0.3 is 6.18 Å². The van der Waals surface area contributed by atoms with Crippen molar-refractivity contribution in [2.75, 3.05) is 13.1 Å². The minimum atomic E-state index is -4.48. The number of rotatable bonds is 3. The molecule has 0 unspecified atom stereocenters. The molecule has 1 fully saturated rings. The summed E-state index contributed by atoms with van der Waals surface area (Å²) in [5.74, 6) is -4.33. The number of benzene rings is 1. The zero-order valence-corrected chi connectivity index (χ0v) is 14.7. The molecule has 0 atom stereocenters. The highest BCUT2D eigenvalue weighted by Gasteiger charge is 2.50. The van der Waals surface area contributed by atoms with E-state index in [9.17, 15) is 22.4 Å². The molecule has 3 heterocycles. The highest BCUT2D eigenvalue weighted by Crippen LogP contribution is 2.37. The van der Waals surface area contributed by atoms with Crippen LogP contribution in [0.25, 0.3) is 22.3 Å². The topological polar surface area (TPSA) is 51.0 Å². The van der Waals surface area contributed by atoms with Gasteiger partial charge in [0, 0.05) is 17.1 Å². The van der Waals surface area contributed by atoms with Crippen molar-refractivity contribution >= 4 is 16.9 Å². The van der Waals surface area contributed by atoms with Crippen LogP contribution in [-0.4, -0.2) is 38.7 Å². The van der Waals surface area contributed by atoms with Gasteiger partial charge in [-0.3, -0.25) is 4.79 Å². The first-order valence-electron chi connectivity index (χ1n) is 8.45. The second kappa shape index (κ2) is 6.36. The molecule has 1 aliphatic heterocycles. The number of aromatic nitrogens is 3. The van der Waals surface area contributed by atoms with E-state index in [-0.39, 0.29) is 11.3 Å². The van der Waals surface area contributed by atoms with E-state index < -0.39 is 42.4 Å². The van der Waals surface area contributed by atoms with Gasteiger partial charge in [0.2, 0.25) is 5.79 Å². The lowest BCUT2D eigenvalue weighted by Crippen LogP contribution is -2.62. The van der Waals surface area contributed by atoms with E-state index in [0.717, 1.165) is 21.7 Å². The van der Waals surface area contributed by atoms with Crippen molar-refractivity contribution in [3.63, 3.8) is 0 Å². The fourth-order valence-electron chi connectivity index (χ4n) is 3.25. The lowest BCUT2D eigenvalue weighted by atomic mass is 10.1. The molecular formula is C19H13F5N4O. The number of hydrogen-bond donors (Lipinski definition) is 0. The molecule has 0 spiro atoms. The molecule has 1 aliphatic rings. The minimum Gasteiger partial charge on any atom is -0.326 e. The van der Waals surface area contributed by atoms with Gasteiger partial charge in [-0.05, 0) is 24.3 Å². The smallest absolute Gasteiger partial charge is 0.326 e. The Bertz CT molecular complexity index is 1110. The number of carbonyl (C=O) groups is 1. The van der Waals surface area contributed by atoms with Gasteiger partial charge in [-0.25, -0.2) is 18.4 Å². The van der Waals surface area contributed by atoms with Crippen molar-refractivity contribution in [2.45, 2.75) is 12.0 Å². The molecule has 5 nitrogen and oxygen atoms in total. The van der Waals surface area contributed by atoms with Gasteiger partial charge in [0.15, 0.2) is 11.5 Å². The summed E-state index contributed by atoms with van der Waals surface area (Å²) in [5, 5.41) is 4.66. The fraction of sp³-hybridized carbons (Fsp3) is 0.211. The van der Waals surface area contributed by atoms with Crippen molar-refractivity contribution in [1.82, 2.24) is 19.7 Å². The summed E-state index contributed by atoms with van der Waals surface area (Å²) in [5.41, 5.74) is -0.0537. The van der Waals surface area contributed by atoms with Crippen LogP contribution >= 0.6 is 0 Å². The van der Waals surface area contributed by atoms with Crippen LogP contribution in [0.3, 0.4) is 0 Å². The molecule has 0 radical (unpaired) electrons. The number of hydrogen-bond acceptors (Lipinski definition) is 3. The number of pyridine rings is 1. The van der Waals surface area contributed by atoms with Gasteiger partial charge in [0.1, 0.15) is 5.69 Å². The largest absolute Gasteiger partial charge is 0.416 e. The minimum absolute atomic E-state index is 0.163. The lowest BCUT2D eigenvalue weighted by molar-refractivity contribution is -0.154. The molecule has 1 amide bonds. The van der Waals surface area contributed by atoms with Crippen LogP contribution in [0.1, 0.15) is 5.56 Å². The number of halogens is 5. The average molecular weight is 408 g/mol. The Morgan fingerprint density at radius 2 is 1.79 bits per heavy atom. The number of fused-ring (bicyclic) bond motifs is 1. The van der Waals surface area contributed by atoms with Crippen molar-refractivity contribution in [1.29, 1.82) is 0 Å². The highest BCUT2D eigenvalue weighted by atomic mass is 19.4. The van der Waals surface area contributed by atoms with Crippen LogP contribution < -0.4 is 0 Å². The number of alkyl halides is 4. The third kappa shape index (κ3) is 3.14. The Kier molecular flexibility index (Phi) is 4.18. The SMILES string of the molecule is C=C(F)C(=O)N1CC(F)(n2nc(-c3ccc(C(F)(F)F)cc3)c3cccnc32)C1. The first-order chi connectivity index (χ1) is 13.6. The number of likely N-dealkylation sites (tertiary alicyclic amines) is 1. The van der Waals surface area contributed by atoms with Crippen LogP contribution in [0.5, 0.6) is 0 Å². The molecular weight excluding hydrogens is 395 g/mol. The Hall–Kier alpha value is -3.30. The molecule has 0 saturated carbocycles. The van der Waals surface area contributed by atoms with E-state index in [2.05, 4.69) is 16.7 Å². The maximum absolute atomic E-state index is 15.4. The van der Waals surface area contributed by atoms with E-state index in [1.165, 1.54) is 18.3 Å². The Morgan fingerprint density at radius 3 is 2.38 bits per heavy atom. The van der Waals surface area contributed by atoms with Crippen LogP contribution in [0, 0.1) is 0 Å². The Morgan fingerprint density at radius 1 is 1.14 bits per heavy atom. The van der Waals surface area contributed by atoms with E-state index >= 15 is 4.39 Å². The van der Waals surface area contributed by atoms with E-state index in [4.69, 9.17) is 0 Å². The Labute approximate surface area is 161 Å². The average Bonchev–Trinajstić information content (AvgIpc) is 3.04. The van der Waals surface area contributed by atoms with Gasteiger partial charge in [-0.15, -0.1) is 0 Å². The molecule has 29 heavy (non-hydrogen) atoms. The molecule has 1 saturated heterocycles. The second-order valence-electron chi connectivity index (χ2n) is 6.69. The van der Waals surface area contributed by atoms with Gasteiger partial charge in [-0.2, -0.15) is 18.3 Å². The van der Waals surface area contributed by atoms with Crippen LogP contribution in [0.4, 0.5) is 22.0 Å². The van der Waals surface area contributed by atoms with E-state index in [1.807, 2.05) is 0 Å². The van der Waals surface area contributed by atoms with Gasteiger partial charge < -0.3 is 4.90 Å². The lowest BCUT2D eigenvalue weighted by Gasteiger charge is -2.43.